The Bertz CT molecular complexity index is 2060. The van der Waals surface area contributed by atoms with Crippen LogP contribution in [-0.2, 0) is 65.4 Å². The third-order valence-electron chi connectivity index (χ3n) is 20.7. The third-order valence-corrected chi connectivity index (χ3v) is 22.6. The van der Waals surface area contributed by atoms with Crippen molar-refractivity contribution in [2.75, 3.05) is 39.6 Å². The normalized spacial score (nSPS) is 14.2. The molecule has 0 heterocycles. The van der Waals surface area contributed by atoms with Gasteiger partial charge in [-0.2, -0.15) is 0 Å². The Labute approximate surface area is 651 Å². The standard InChI is InChI=1S/C87H170O17P2/c1-9-80(8)66-58-50-42-34-26-20-16-17-23-29-37-46-54-62-70-87(92)104-83(74-98-85(90)68-60-52-44-38-30-33-41-49-57-65-79(6)7)76-102-106(95,96)100-72-81(88)71-99-105(93,94)101-75-82(103-86(91)69-61-53-45-36-28-22-15-11-13-19-25-32-40-48-56-64-78(4)5)73-97-84(89)67-59-51-43-35-27-21-14-10-12-18-24-31-39-47-55-63-77(2)3/h77-83,88H,9-76H2,1-8H3,(H,93,94)(H,95,96)/t80?,81-,82-,83-/m1/s1. The van der Waals surface area contributed by atoms with Gasteiger partial charge in [-0.05, 0) is 49.4 Å². The lowest BCUT2D eigenvalue weighted by atomic mass is 9.99. The number of unbranched alkanes of at least 4 members (excludes halogenated alkanes) is 49. The van der Waals surface area contributed by atoms with E-state index in [-0.39, 0.29) is 25.7 Å². The van der Waals surface area contributed by atoms with Crippen LogP contribution in [-0.4, -0.2) is 96.7 Å². The lowest BCUT2D eigenvalue weighted by Crippen LogP contribution is -2.30. The maximum absolute atomic E-state index is 13.2. The van der Waals surface area contributed by atoms with Gasteiger partial charge in [-0.15, -0.1) is 0 Å². The molecule has 0 aromatic rings. The predicted octanol–water partition coefficient (Wildman–Crippen LogP) is 26.3. The molecule has 630 valence electrons. The highest BCUT2D eigenvalue weighted by Gasteiger charge is 2.31. The van der Waals surface area contributed by atoms with Crippen molar-refractivity contribution in [3.63, 3.8) is 0 Å². The zero-order valence-electron chi connectivity index (χ0n) is 70.1. The summed E-state index contributed by atoms with van der Waals surface area (Å²) in [4.78, 5) is 73.3. The summed E-state index contributed by atoms with van der Waals surface area (Å²) in [6.45, 7) is 14.4. The number of rotatable bonds is 84. The van der Waals surface area contributed by atoms with Crippen LogP contribution in [0.25, 0.3) is 0 Å². The van der Waals surface area contributed by atoms with E-state index in [4.69, 9.17) is 37.0 Å². The second kappa shape index (κ2) is 75.7. The van der Waals surface area contributed by atoms with Crippen molar-refractivity contribution in [2.24, 2.45) is 23.7 Å². The zero-order valence-corrected chi connectivity index (χ0v) is 71.9. The van der Waals surface area contributed by atoms with Crippen molar-refractivity contribution in [1.82, 2.24) is 0 Å². The lowest BCUT2D eigenvalue weighted by molar-refractivity contribution is -0.161. The molecule has 106 heavy (non-hydrogen) atoms. The molecule has 0 bridgehead atoms. The van der Waals surface area contributed by atoms with Gasteiger partial charge in [0.05, 0.1) is 26.4 Å². The fraction of sp³-hybridized carbons (Fsp3) is 0.954. The summed E-state index contributed by atoms with van der Waals surface area (Å²) in [5.74, 6) is 1.09. The van der Waals surface area contributed by atoms with E-state index in [1.165, 1.54) is 257 Å². The molecule has 0 spiro atoms. The fourth-order valence-corrected chi connectivity index (χ4v) is 15.0. The van der Waals surface area contributed by atoms with Crippen molar-refractivity contribution in [3.8, 4) is 0 Å². The summed E-state index contributed by atoms with van der Waals surface area (Å²) in [5.41, 5.74) is 0. The van der Waals surface area contributed by atoms with Crippen molar-refractivity contribution >= 4 is 39.5 Å². The highest BCUT2D eigenvalue weighted by atomic mass is 31.2. The Balaban J connectivity index is 5.27. The first-order chi connectivity index (χ1) is 51.1. The van der Waals surface area contributed by atoms with Crippen molar-refractivity contribution in [3.05, 3.63) is 0 Å². The molecule has 6 atom stereocenters. The summed E-state index contributed by atoms with van der Waals surface area (Å²) in [5, 5.41) is 10.7. The summed E-state index contributed by atoms with van der Waals surface area (Å²) in [6.07, 6.45) is 65.1. The topological polar surface area (TPSA) is 237 Å². The van der Waals surface area contributed by atoms with E-state index < -0.39 is 97.5 Å². The van der Waals surface area contributed by atoms with Gasteiger partial charge in [0.2, 0.25) is 0 Å². The average Bonchev–Trinajstić information content (AvgIpc) is 0.901. The molecular weight excluding hydrogens is 1380 g/mol. The number of phosphoric ester groups is 2. The van der Waals surface area contributed by atoms with Crippen molar-refractivity contribution < 1.29 is 80.2 Å². The van der Waals surface area contributed by atoms with Crippen LogP contribution in [0.15, 0.2) is 0 Å². The smallest absolute Gasteiger partial charge is 0.462 e. The van der Waals surface area contributed by atoms with E-state index in [1.54, 1.807) is 0 Å². The Morgan fingerprint density at radius 1 is 0.264 bits per heavy atom. The molecule has 0 aliphatic carbocycles. The average molecular weight is 1550 g/mol. The highest BCUT2D eigenvalue weighted by Crippen LogP contribution is 2.45. The Morgan fingerprint density at radius 3 is 0.670 bits per heavy atom. The van der Waals surface area contributed by atoms with Gasteiger partial charge in [-0.1, -0.05) is 402 Å². The fourth-order valence-electron chi connectivity index (χ4n) is 13.5. The van der Waals surface area contributed by atoms with E-state index >= 15 is 0 Å². The first-order valence-electron chi connectivity index (χ1n) is 44.7. The van der Waals surface area contributed by atoms with E-state index in [0.717, 1.165) is 114 Å². The summed E-state index contributed by atoms with van der Waals surface area (Å²) in [6, 6.07) is 0. The van der Waals surface area contributed by atoms with Gasteiger partial charge in [0.25, 0.3) is 0 Å². The number of hydrogen-bond acceptors (Lipinski definition) is 15. The monoisotopic (exact) mass is 1550 g/mol. The molecule has 3 N–H and O–H groups in total. The second-order valence-electron chi connectivity index (χ2n) is 33.0. The Kier molecular flexibility index (Phi) is 74.3. The van der Waals surface area contributed by atoms with Gasteiger partial charge >= 0.3 is 39.5 Å². The van der Waals surface area contributed by atoms with E-state index in [1.807, 2.05) is 0 Å². The van der Waals surface area contributed by atoms with Crippen molar-refractivity contribution in [1.29, 1.82) is 0 Å². The number of ether oxygens (including phenoxy) is 4. The van der Waals surface area contributed by atoms with Crippen LogP contribution in [0, 0.1) is 23.7 Å². The van der Waals surface area contributed by atoms with Crippen LogP contribution in [0.5, 0.6) is 0 Å². The Morgan fingerprint density at radius 2 is 0.453 bits per heavy atom. The SMILES string of the molecule is CCC(C)CCCCCCCCCCCCCCCCC(=O)O[C@H](COC(=O)CCCCCCCCCCCC(C)C)COP(=O)(O)OC[C@H](O)COP(=O)(O)OC[C@@H](COC(=O)CCCCCCCCCCCCCCCCCC(C)C)OC(=O)CCCCCCCCCCCCCCCCCC(C)C. The van der Waals surface area contributed by atoms with Gasteiger partial charge in [-0.3, -0.25) is 37.3 Å². The van der Waals surface area contributed by atoms with Crippen LogP contribution >= 0.6 is 15.6 Å². The van der Waals surface area contributed by atoms with Gasteiger partial charge in [0, 0.05) is 25.7 Å². The van der Waals surface area contributed by atoms with E-state index in [9.17, 15) is 43.2 Å². The van der Waals surface area contributed by atoms with E-state index in [0.29, 0.717) is 25.7 Å². The first-order valence-corrected chi connectivity index (χ1v) is 47.7. The largest absolute Gasteiger partial charge is 0.472 e. The molecular formula is C87H170O17P2. The van der Waals surface area contributed by atoms with Gasteiger partial charge in [-0.25, -0.2) is 9.13 Å². The molecule has 17 nitrogen and oxygen atoms in total. The third kappa shape index (κ3) is 78.7. The molecule has 0 rings (SSSR count). The molecule has 0 aromatic carbocycles. The second-order valence-corrected chi connectivity index (χ2v) is 35.9. The maximum atomic E-state index is 13.2. The highest BCUT2D eigenvalue weighted by molar-refractivity contribution is 7.47. The number of carbonyl (C=O) groups excluding carboxylic acids is 4. The van der Waals surface area contributed by atoms with E-state index in [2.05, 4.69) is 55.4 Å². The number of esters is 4. The van der Waals surface area contributed by atoms with Crippen LogP contribution in [0.2, 0.25) is 0 Å². The molecule has 19 heteroatoms. The molecule has 0 amide bonds. The molecule has 0 aliphatic heterocycles. The molecule has 0 saturated carbocycles. The van der Waals surface area contributed by atoms with Crippen LogP contribution in [0.1, 0.15) is 453 Å². The minimum atomic E-state index is -4.97. The summed E-state index contributed by atoms with van der Waals surface area (Å²) < 4.78 is 69.0. The molecule has 0 aliphatic rings. The van der Waals surface area contributed by atoms with Gasteiger partial charge < -0.3 is 33.8 Å². The number of aliphatic hydroxyl groups excluding tert-OH is 1. The minimum Gasteiger partial charge on any atom is -0.462 e. The molecule has 3 unspecified atom stereocenters. The first kappa shape index (κ1) is 104. The minimum absolute atomic E-state index is 0.107. The van der Waals surface area contributed by atoms with Crippen LogP contribution < -0.4 is 0 Å². The number of hydrogen-bond donors (Lipinski definition) is 3. The number of phosphoric acid groups is 2. The lowest BCUT2D eigenvalue weighted by Gasteiger charge is -2.21. The van der Waals surface area contributed by atoms with Crippen LogP contribution in [0.3, 0.4) is 0 Å². The molecule has 0 aromatic heterocycles. The predicted molar refractivity (Wildman–Crippen MR) is 437 cm³/mol. The quantitative estimate of drug-likeness (QED) is 0.0222. The maximum Gasteiger partial charge on any atom is 0.472 e. The van der Waals surface area contributed by atoms with Crippen molar-refractivity contribution in [2.45, 2.75) is 472 Å². The number of aliphatic hydroxyl groups is 1. The van der Waals surface area contributed by atoms with Gasteiger partial charge in [0.15, 0.2) is 12.2 Å². The molecule has 0 radical (unpaired) electrons. The van der Waals surface area contributed by atoms with Gasteiger partial charge in [0.1, 0.15) is 19.3 Å². The number of carbonyl (C=O) groups is 4. The summed E-state index contributed by atoms with van der Waals surface area (Å²) in [7, 11) is -9.93. The van der Waals surface area contributed by atoms with Crippen LogP contribution in [0.4, 0.5) is 0 Å². The Hall–Kier alpha value is -1.94. The molecule has 0 saturated heterocycles. The zero-order chi connectivity index (χ0) is 78.1. The molecule has 0 fully saturated rings. The summed E-state index contributed by atoms with van der Waals surface area (Å²) >= 11 is 0.